The first-order valence-electron chi connectivity index (χ1n) is 9.60. The summed E-state index contributed by atoms with van der Waals surface area (Å²) in [6.07, 6.45) is 14.6. The maximum Gasteiger partial charge on any atom is 0.152 e. The monoisotopic (exact) mass is 323 g/mol. The number of hydrogen-bond acceptors (Lipinski definition) is 3. The zero-order valence-corrected chi connectivity index (χ0v) is 15.5. The van der Waals surface area contributed by atoms with Crippen LogP contribution < -0.4 is 0 Å². The molecular weight excluding hydrogens is 286 g/mol. The van der Waals surface area contributed by atoms with Gasteiger partial charge < -0.3 is 5.11 Å². The van der Waals surface area contributed by atoms with Crippen LogP contribution in [0.3, 0.4) is 0 Å². The first kappa shape index (κ1) is 20.4. The van der Waals surface area contributed by atoms with Gasteiger partial charge in [0.1, 0.15) is 0 Å². The molecular formula is C20H37NO2. The normalized spacial score (nSPS) is 26.3. The highest BCUT2D eigenvalue weighted by Gasteiger charge is 2.32. The molecule has 0 aliphatic carbocycles. The molecule has 1 aliphatic heterocycles. The molecule has 0 bridgehead atoms. The molecule has 134 valence electrons. The molecule has 23 heavy (non-hydrogen) atoms. The quantitative estimate of drug-likeness (QED) is 0.782. The molecule has 1 fully saturated rings. The molecule has 0 saturated carbocycles. The third-order valence-corrected chi connectivity index (χ3v) is 5.14. The van der Waals surface area contributed by atoms with Crippen molar-refractivity contribution in [1.82, 2.24) is 4.90 Å². The standard InChI is InChI=1S/C20H37NO2/c1-4-5-14-17(2)20(23)19-18(22)15-12-10-8-6-7-9-11-13-16-21(19)3/h4-5,17,19-20,23H,6-16H2,1-3H3/b5-4+/t17-,19-,20?/m1/s1. The molecule has 3 atom stereocenters. The van der Waals surface area contributed by atoms with Crippen molar-refractivity contribution in [3.8, 4) is 0 Å². The molecule has 0 spiro atoms. The Bertz CT molecular complexity index is 354. The predicted molar refractivity (Wildman–Crippen MR) is 97.6 cm³/mol. The van der Waals surface area contributed by atoms with Gasteiger partial charge in [0.05, 0.1) is 12.1 Å². The van der Waals surface area contributed by atoms with Crippen molar-refractivity contribution in [1.29, 1.82) is 0 Å². The highest BCUT2D eigenvalue weighted by atomic mass is 16.3. The Balaban J connectivity index is 2.74. The van der Waals surface area contributed by atoms with Crippen molar-refractivity contribution in [3.63, 3.8) is 0 Å². The molecule has 0 aromatic heterocycles. The molecule has 3 heteroatoms. The predicted octanol–water partition coefficient (Wildman–Crippen LogP) is 4.34. The molecule has 1 N–H and O–H groups in total. The summed E-state index contributed by atoms with van der Waals surface area (Å²) >= 11 is 0. The molecule has 1 aliphatic rings. The van der Waals surface area contributed by atoms with Crippen LogP contribution in [0.2, 0.25) is 0 Å². The zero-order valence-electron chi connectivity index (χ0n) is 15.5. The Kier molecular flexibility index (Phi) is 10.5. The second kappa shape index (κ2) is 11.8. The van der Waals surface area contributed by atoms with E-state index in [0.717, 1.165) is 32.2 Å². The summed E-state index contributed by atoms with van der Waals surface area (Å²) in [7, 11) is 2.01. The second-order valence-electron chi connectivity index (χ2n) is 7.24. The van der Waals surface area contributed by atoms with E-state index in [-0.39, 0.29) is 17.7 Å². The van der Waals surface area contributed by atoms with E-state index in [1.54, 1.807) is 0 Å². The van der Waals surface area contributed by atoms with E-state index in [0.29, 0.717) is 6.42 Å². The molecule has 1 saturated heterocycles. The number of Topliss-reactive ketones (excluding diaryl/α,β-unsaturated/α-hetero) is 1. The average molecular weight is 324 g/mol. The molecule has 3 nitrogen and oxygen atoms in total. The minimum atomic E-state index is -0.575. The lowest BCUT2D eigenvalue weighted by Crippen LogP contribution is -2.49. The number of aliphatic hydroxyl groups excluding tert-OH is 1. The lowest BCUT2D eigenvalue weighted by Gasteiger charge is -2.33. The maximum atomic E-state index is 12.7. The minimum absolute atomic E-state index is 0.110. The highest BCUT2D eigenvalue weighted by molar-refractivity contribution is 5.84. The summed E-state index contributed by atoms with van der Waals surface area (Å²) in [5.74, 6) is 0.338. The van der Waals surface area contributed by atoms with Crippen LogP contribution in [0.25, 0.3) is 0 Å². The third-order valence-electron chi connectivity index (χ3n) is 5.14. The van der Waals surface area contributed by atoms with Gasteiger partial charge in [-0.15, -0.1) is 0 Å². The smallest absolute Gasteiger partial charge is 0.152 e. The van der Waals surface area contributed by atoms with Crippen molar-refractivity contribution in [2.75, 3.05) is 13.6 Å². The Morgan fingerprint density at radius 2 is 1.70 bits per heavy atom. The Labute approximate surface area is 143 Å². The topological polar surface area (TPSA) is 40.5 Å². The van der Waals surface area contributed by atoms with E-state index in [2.05, 4.69) is 11.0 Å². The fraction of sp³-hybridized carbons (Fsp3) is 0.850. The van der Waals surface area contributed by atoms with E-state index in [9.17, 15) is 9.90 Å². The summed E-state index contributed by atoms with van der Waals surface area (Å²) < 4.78 is 0. The number of carbonyl (C=O) groups is 1. The lowest BCUT2D eigenvalue weighted by atomic mass is 9.89. The van der Waals surface area contributed by atoms with Crippen LogP contribution in [0.15, 0.2) is 12.2 Å². The fourth-order valence-corrected chi connectivity index (χ4v) is 3.51. The van der Waals surface area contributed by atoms with Crippen LogP contribution in [-0.2, 0) is 4.79 Å². The first-order valence-corrected chi connectivity index (χ1v) is 9.60. The largest absolute Gasteiger partial charge is 0.391 e. The summed E-state index contributed by atoms with van der Waals surface area (Å²) in [6, 6.07) is -0.337. The van der Waals surface area contributed by atoms with Gasteiger partial charge in [-0.25, -0.2) is 0 Å². The summed E-state index contributed by atoms with van der Waals surface area (Å²) in [5.41, 5.74) is 0. The summed E-state index contributed by atoms with van der Waals surface area (Å²) in [4.78, 5) is 14.8. The number of aliphatic hydroxyl groups is 1. The Morgan fingerprint density at radius 1 is 1.13 bits per heavy atom. The second-order valence-corrected chi connectivity index (χ2v) is 7.24. The number of likely N-dealkylation sites (N-methyl/N-ethyl adjacent to an activating group) is 1. The lowest BCUT2D eigenvalue weighted by molar-refractivity contribution is -0.129. The molecule has 0 radical (unpaired) electrons. The third kappa shape index (κ3) is 7.63. The minimum Gasteiger partial charge on any atom is -0.391 e. The van der Waals surface area contributed by atoms with Crippen molar-refractivity contribution in [3.05, 3.63) is 12.2 Å². The van der Waals surface area contributed by atoms with Gasteiger partial charge in [-0.3, -0.25) is 9.69 Å². The van der Waals surface area contributed by atoms with Gasteiger partial charge in [-0.1, -0.05) is 57.6 Å². The molecule has 0 aromatic rings. The van der Waals surface area contributed by atoms with Crippen LogP contribution in [0, 0.1) is 5.92 Å². The van der Waals surface area contributed by atoms with Crippen molar-refractivity contribution >= 4 is 5.78 Å². The van der Waals surface area contributed by atoms with E-state index in [4.69, 9.17) is 0 Å². The van der Waals surface area contributed by atoms with Gasteiger partial charge in [0.15, 0.2) is 5.78 Å². The van der Waals surface area contributed by atoms with Crippen molar-refractivity contribution in [2.45, 2.75) is 90.2 Å². The number of nitrogens with zero attached hydrogens (tertiary/aromatic N) is 1. The Morgan fingerprint density at radius 3 is 2.30 bits per heavy atom. The SMILES string of the molecule is C/C=C/C[C@@H](C)C(O)[C@H]1C(=O)CCCCCCCCCCN1C. The van der Waals surface area contributed by atoms with Crippen LogP contribution in [-0.4, -0.2) is 41.5 Å². The van der Waals surface area contributed by atoms with E-state index >= 15 is 0 Å². The van der Waals surface area contributed by atoms with E-state index in [1.165, 1.54) is 32.1 Å². The fourth-order valence-electron chi connectivity index (χ4n) is 3.51. The van der Waals surface area contributed by atoms with Gasteiger partial charge in [0.25, 0.3) is 0 Å². The van der Waals surface area contributed by atoms with Crippen molar-refractivity contribution in [2.24, 2.45) is 5.92 Å². The zero-order chi connectivity index (χ0) is 17.1. The summed E-state index contributed by atoms with van der Waals surface area (Å²) in [5, 5.41) is 10.8. The van der Waals surface area contributed by atoms with Crippen LogP contribution in [0.1, 0.15) is 78.1 Å². The first-order chi connectivity index (χ1) is 11.1. The number of carbonyl (C=O) groups excluding carboxylic acids is 1. The van der Waals surface area contributed by atoms with Crippen LogP contribution in [0.4, 0.5) is 0 Å². The summed E-state index contributed by atoms with van der Waals surface area (Å²) in [6.45, 7) is 4.95. The van der Waals surface area contributed by atoms with E-state index in [1.807, 2.05) is 27.0 Å². The molecule has 1 unspecified atom stereocenters. The van der Waals surface area contributed by atoms with Crippen LogP contribution in [0.5, 0.6) is 0 Å². The maximum absolute atomic E-state index is 12.7. The average Bonchev–Trinajstić information content (AvgIpc) is 2.55. The molecule has 0 amide bonds. The number of ketones is 1. The number of rotatable bonds is 4. The van der Waals surface area contributed by atoms with E-state index < -0.39 is 6.10 Å². The van der Waals surface area contributed by atoms with Gasteiger partial charge in [0, 0.05) is 6.42 Å². The molecule has 1 heterocycles. The Hall–Kier alpha value is -0.670. The number of hydrogen-bond donors (Lipinski definition) is 1. The molecule has 1 rings (SSSR count). The van der Waals surface area contributed by atoms with Crippen LogP contribution >= 0.6 is 0 Å². The van der Waals surface area contributed by atoms with Gasteiger partial charge >= 0.3 is 0 Å². The van der Waals surface area contributed by atoms with Gasteiger partial charge in [-0.05, 0) is 45.7 Å². The van der Waals surface area contributed by atoms with Gasteiger partial charge in [0.2, 0.25) is 0 Å². The highest BCUT2D eigenvalue weighted by Crippen LogP contribution is 2.21. The number of allylic oxidation sites excluding steroid dienone is 2. The molecule has 0 aromatic carbocycles. The van der Waals surface area contributed by atoms with Crippen molar-refractivity contribution < 1.29 is 9.90 Å². The van der Waals surface area contributed by atoms with Gasteiger partial charge in [-0.2, -0.15) is 0 Å².